The largest absolute Gasteiger partial charge is 0.489 e. The standard InChI is InChI=1S/C16H16ClNO5S/c1-11-7-14(9-16(19)22-11)23-13-5-6-18(10-13)24(20,21)15-4-2-3-12(17)8-15/h2-4,7-9,13H,5-6,10H2,1H3. The molecule has 1 saturated heterocycles. The molecule has 0 N–H and O–H groups in total. The highest BCUT2D eigenvalue weighted by atomic mass is 35.5. The van der Waals surface area contributed by atoms with E-state index in [2.05, 4.69) is 0 Å². The van der Waals surface area contributed by atoms with Gasteiger partial charge in [0.05, 0.1) is 17.5 Å². The summed E-state index contributed by atoms with van der Waals surface area (Å²) in [6.07, 6.45) is 0.221. The highest BCUT2D eigenvalue weighted by Gasteiger charge is 2.33. The molecule has 2 aromatic rings. The second-order valence-corrected chi connectivity index (χ2v) is 7.95. The molecule has 1 unspecified atom stereocenters. The summed E-state index contributed by atoms with van der Waals surface area (Å²) in [5.74, 6) is 0.828. The molecule has 128 valence electrons. The van der Waals surface area contributed by atoms with E-state index in [-0.39, 0.29) is 17.5 Å². The molecule has 24 heavy (non-hydrogen) atoms. The van der Waals surface area contributed by atoms with Crippen LogP contribution < -0.4 is 10.4 Å². The van der Waals surface area contributed by atoms with Crippen molar-refractivity contribution < 1.29 is 17.6 Å². The van der Waals surface area contributed by atoms with Gasteiger partial charge in [0.25, 0.3) is 0 Å². The number of sulfonamides is 1. The van der Waals surface area contributed by atoms with Gasteiger partial charge in [0.1, 0.15) is 17.6 Å². The molecule has 0 spiro atoms. The van der Waals surface area contributed by atoms with Crippen molar-refractivity contribution in [3.05, 3.63) is 57.6 Å². The molecule has 1 fully saturated rings. The summed E-state index contributed by atoms with van der Waals surface area (Å²) in [7, 11) is -3.61. The van der Waals surface area contributed by atoms with Crippen molar-refractivity contribution in [2.24, 2.45) is 0 Å². The van der Waals surface area contributed by atoms with Crippen LogP contribution in [-0.2, 0) is 10.0 Å². The first kappa shape index (κ1) is 17.0. The maximum Gasteiger partial charge on any atom is 0.339 e. The Kier molecular flexibility index (Phi) is 4.67. The summed E-state index contributed by atoms with van der Waals surface area (Å²) >= 11 is 5.88. The summed E-state index contributed by atoms with van der Waals surface area (Å²) in [6.45, 7) is 2.22. The molecule has 0 amide bonds. The zero-order chi connectivity index (χ0) is 17.3. The van der Waals surface area contributed by atoms with Gasteiger partial charge in [-0.2, -0.15) is 4.31 Å². The third-order valence-electron chi connectivity index (χ3n) is 3.71. The summed E-state index contributed by atoms with van der Waals surface area (Å²) < 4.78 is 37.2. The van der Waals surface area contributed by atoms with Crippen LogP contribution in [0.15, 0.2) is 50.5 Å². The fraction of sp³-hybridized carbons (Fsp3) is 0.312. The Morgan fingerprint density at radius 2 is 2.08 bits per heavy atom. The van der Waals surface area contributed by atoms with Crippen LogP contribution in [0, 0.1) is 6.92 Å². The van der Waals surface area contributed by atoms with Gasteiger partial charge in [-0.1, -0.05) is 17.7 Å². The van der Waals surface area contributed by atoms with E-state index in [9.17, 15) is 13.2 Å². The summed E-state index contributed by atoms with van der Waals surface area (Å²) in [5.41, 5.74) is -0.494. The number of aryl methyl sites for hydroxylation is 1. The van der Waals surface area contributed by atoms with Gasteiger partial charge in [0.2, 0.25) is 10.0 Å². The van der Waals surface area contributed by atoms with Gasteiger partial charge in [0.15, 0.2) is 0 Å². The molecule has 1 aliphatic rings. The number of nitrogens with zero attached hydrogens (tertiary/aromatic N) is 1. The fourth-order valence-corrected chi connectivity index (χ4v) is 4.41. The van der Waals surface area contributed by atoms with E-state index < -0.39 is 15.6 Å². The molecule has 1 atom stereocenters. The molecule has 2 heterocycles. The van der Waals surface area contributed by atoms with Crippen molar-refractivity contribution in [2.75, 3.05) is 13.1 Å². The van der Waals surface area contributed by atoms with Crippen LogP contribution in [0.1, 0.15) is 12.2 Å². The van der Waals surface area contributed by atoms with Gasteiger partial charge >= 0.3 is 5.63 Å². The van der Waals surface area contributed by atoms with Crippen LogP contribution in [0.2, 0.25) is 5.02 Å². The Hall–Kier alpha value is -1.83. The quantitative estimate of drug-likeness (QED) is 0.827. The zero-order valence-electron chi connectivity index (χ0n) is 12.9. The van der Waals surface area contributed by atoms with Gasteiger partial charge in [-0.3, -0.25) is 0 Å². The first-order valence-corrected chi connectivity index (χ1v) is 9.20. The van der Waals surface area contributed by atoms with Gasteiger partial charge in [-0.15, -0.1) is 0 Å². The van der Waals surface area contributed by atoms with Gasteiger partial charge in [0, 0.05) is 17.6 Å². The smallest absolute Gasteiger partial charge is 0.339 e. The average Bonchev–Trinajstić information content (AvgIpc) is 2.95. The van der Waals surface area contributed by atoms with E-state index in [0.29, 0.717) is 29.5 Å². The number of halogens is 1. The van der Waals surface area contributed by atoms with Crippen molar-refractivity contribution >= 4 is 21.6 Å². The third kappa shape index (κ3) is 3.63. The highest BCUT2D eigenvalue weighted by molar-refractivity contribution is 7.89. The lowest BCUT2D eigenvalue weighted by Gasteiger charge is -2.17. The van der Waals surface area contributed by atoms with Crippen LogP contribution >= 0.6 is 11.6 Å². The minimum Gasteiger partial charge on any atom is -0.489 e. The van der Waals surface area contributed by atoms with Crippen molar-refractivity contribution in [1.82, 2.24) is 4.31 Å². The second-order valence-electron chi connectivity index (χ2n) is 5.57. The number of benzene rings is 1. The highest BCUT2D eigenvalue weighted by Crippen LogP contribution is 2.25. The maximum atomic E-state index is 12.6. The molecular weight excluding hydrogens is 354 g/mol. The first-order chi connectivity index (χ1) is 11.3. The summed E-state index contributed by atoms with van der Waals surface area (Å²) in [4.78, 5) is 11.5. The molecular formula is C16H16ClNO5S. The van der Waals surface area contributed by atoms with E-state index in [1.165, 1.54) is 22.5 Å². The Balaban J connectivity index is 1.74. The van der Waals surface area contributed by atoms with Crippen LogP contribution in [0.3, 0.4) is 0 Å². The summed E-state index contributed by atoms with van der Waals surface area (Å²) in [6, 6.07) is 9.03. The predicted octanol–water partition coefficient (Wildman–Crippen LogP) is 2.44. The van der Waals surface area contributed by atoms with E-state index >= 15 is 0 Å². The number of rotatable bonds is 4. The van der Waals surface area contributed by atoms with E-state index in [4.69, 9.17) is 20.8 Å². The Bertz CT molecular complexity index is 909. The number of hydrogen-bond donors (Lipinski definition) is 0. The van der Waals surface area contributed by atoms with Crippen LogP contribution in [0.5, 0.6) is 5.75 Å². The molecule has 1 aromatic heterocycles. The minimum atomic E-state index is -3.61. The molecule has 8 heteroatoms. The second kappa shape index (κ2) is 6.58. The molecule has 0 bridgehead atoms. The third-order valence-corrected chi connectivity index (χ3v) is 5.81. The van der Waals surface area contributed by atoms with Crippen molar-refractivity contribution in [2.45, 2.75) is 24.3 Å². The molecule has 3 rings (SSSR count). The minimum absolute atomic E-state index is 0.159. The van der Waals surface area contributed by atoms with Gasteiger partial charge in [-0.05, 0) is 31.5 Å². The fourth-order valence-electron chi connectivity index (χ4n) is 2.62. The lowest BCUT2D eigenvalue weighted by Crippen LogP contribution is -2.31. The maximum absolute atomic E-state index is 12.6. The van der Waals surface area contributed by atoms with Crippen molar-refractivity contribution in [3.63, 3.8) is 0 Å². The molecule has 1 aliphatic heterocycles. The Labute approximate surface area is 144 Å². The number of ether oxygens (including phenoxy) is 1. The molecule has 0 radical (unpaired) electrons. The summed E-state index contributed by atoms with van der Waals surface area (Å²) in [5, 5.41) is 0.370. The monoisotopic (exact) mass is 369 g/mol. The van der Waals surface area contributed by atoms with Crippen molar-refractivity contribution in [3.8, 4) is 5.75 Å². The van der Waals surface area contributed by atoms with Crippen molar-refractivity contribution in [1.29, 1.82) is 0 Å². The lowest BCUT2D eigenvalue weighted by atomic mass is 10.3. The van der Waals surface area contributed by atoms with E-state index in [1.54, 1.807) is 25.1 Å². The molecule has 6 nitrogen and oxygen atoms in total. The zero-order valence-corrected chi connectivity index (χ0v) is 14.5. The molecule has 0 aliphatic carbocycles. The molecule has 1 aromatic carbocycles. The van der Waals surface area contributed by atoms with E-state index in [1.807, 2.05) is 0 Å². The van der Waals surface area contributed by atoms with E-state index in [0.717, 1.165) is 0 Å². The van der Waals surface area contributed by atoms with Crippen LogP contribution in [0.4, 0.5) is 0 Å². The molecule has 0 saturated carbocycles. The lowest BCUT2D eigenvalue weighted by molar-refractivity contribution is 0.213. The SMILES string of the molecule is Cc1cc(OC2CCN(S(=O)(=O)c3cccc(Cl)c3)C2)cc(=O)o1. The first-order valence-electron chi connectivity index (χ1n) is 7.39. The van der Waals surface area contributed by atoms with Crippen LogP contribution in [0.25, 0.3) is 0 Å². The predicted molar refractivity (Wildman–Crippen MR) is 89.0 cm³/mol. The number of hydrogen-bond acceptors (Lipinski definition) is 5. The van der Waals surface area contributed by atoms with Gasteiger partial charge < -0.3 is 9.15 Å². The van der Waals surface area contributed by atoms with Crippen LogP contribution in [-0.4, -0.2) is 31.9 Å². The average molecular weight is 370 g/mol. The Morgan fingerprint density at radius 3 is 2.79 bits per heavy atom. The topological polar surface area (TPSA) is 76.8 Å². The van der Waals surface area contributed by atoms with Gasteiger partial charge in [-0.25, -0.2) is 13.2 Å². The normalized spacial score (nSPS) is 18.7. The Morgan fingerprint density at radius 1 is 1.29 bits per heavy atom.